The van der Waals surface area contributed by atoms with E-state index in [1.54, 1.807) is 13.4 Å². The number of carbonyl (C=O) groups excluding carboxylic acids is 1. The fourth-order valence-electron chi connectivity index (χ4n) is 3.38. The summed E-state index contributed by atoms with van der Waals surface area (Å²) in [5.74, 6) is 1.66. The molecule has 5 nitrogen and oxygen atoms in total. The summed E-state index contributed by atoms with van der Waals surface area (Å²) in [6.45, 7) is 6.52. The molecule has 1 saturated heterocycles. The maximum atomic E-state index is 12.2. The highest BCUT2D eigenvalue weighted by molar-refractivity contribution is 5.88. The van der Waals surface area contributed by atoms with E-state index in [9.17, 15) is 4.79 Å². The Morgan fingerprint density at radius 3 is 2.92 bits per heavy atom. The molecular formula is C20H28N2O3. The number of ether oxygens (including phenoxy) is 1. The second-order valence-electron chi connectivity index (χ2n) is 7.03. The van der Waals surface area contributed by atoms with Gasteiger partial charge in [-0.2, -0.15) is 0 Å². The van der Waals surface area contributed by atoms with Gasteiger partial charge in [0.15, 0.2) is 0 Å². The molecular weight excluding hydrogens is 316 g/mol. The van der Waals surface area contributed by atoms with Gasteiger partial charge in [0.25, 0.3) is 0 Å². The standard InChI is InChI=1S/C20H28N2O3/c1-15-6-10-22(11-7-15)9-3-8-21-20(23)12-16-14-25-19-13-17(24-2)4-5-18(16)19/h4-5,13-15H,3,6-12H2,1-2H3,(H,21,23). The zero-order valence-corrected chi connectivity index (χ0v) is 15.2. The number of fused-ring (bicyclic) bond motifs is 1. The summed E-state index contributed by atoms with van der Waals surface area (Å²) in [5, 5.41) is 4.00. The summed E-state index contributed by atoms with van der Waals surface area (Å²) in [7, 11) is 1.63. The number of carbonyl (C=O) groups is 1. The first-order valence-electron chi connectivity index (χ1n) is 9.19. The van der Waals surface area contributed by atoms with Gasteiger partial charge in [-0.3, -0.25) is 4.79 Å². The van der Waals surface area contributed by atoms with Crippen molar-refractivity contribution in [3.8, 4) is 5.75 Å². The third-order valence-corrected chi connectivity index (χ3v) is 5.06. The Kier molecular flexibility index (Phi) is 5.97. The molecule has 0 saturated carbocycles. The van der Waals surface area contributed by atoms with Crippen LogP contribution < -0.4 is 10.1 Å². The lowest BCUT2D eigenvalue weighted by Gasteiger charge is -2.30. The van der Waals surface area contributed by atoms with E-state index in [0.717, 1.165) is 47.7 Å². The third kappa shape index (κ3) is 4.75. The maximum Gasteiger partial charge on any atom is 0.224 e. The van der Waals surface area contributed by atoms with Crippen molar-refractivity contribution < 1.29 is 13.9 Å². The average Bonchev–Trinajstić information content (AvgIpc) is 3.02. The number of hydrogen-bond donors (Lipinski definition) is 1. The molecule has 3 rings (SSSR count). The molecule has 0 radical (unpaired) electrons. The van der Waals surface area contributed by atoms with Gasteiger partial charge in [0.05, 0.1) is 19.8 Å². The summed E-state index contributed by atoms with van der Waals surface area (Å²) < 4.78 is 10.7. The van der Waals surface area contributed by atoms with Gasteiger partial charge in [-0.05, 0) is 56.9 Å². The van der Waals surface area contributed by atoms with Gasteiger partial charge in [0.1, 0.15) is 11.3 Å². The lowest BCUT2D eigenvalue weighted by Crippen LogP contribution is -2.35. The molecule has 1 fully saturated rings. The summed E-state index contributed by atoms with van der Waals surface area (Å²) in [5.41, 5.74) is 1.67. The van der Waals surface area contributed by atoms with Crippen LogP contribution in [0.4, 0.5) is 0 Å². The van der Waals surface area contributed by atoms with E-state index in [4.69, 9.17) is 9.15 Å². The van der Waals surface area contributed by atoms with Crippen LogP contribution in [0, 0.1) is 5.92 Å². The molecule has 0 aliphatic carbocycles. The second-order valence-corrected chi connectivity index (χ2v) is 7.03. The van der Waals surface area contributed by atoms with E-state index in [1.807, 2.05) is 18.2 Å². The number of benzene rings is 1. The number of nitrogens with one attached hydrogen (secondary N) is 1. The normalized spacial score (nSPS) is 16.2. The Labute approximate surface area is 149 Å². The summed E-state index contributed by atoms with van der Waals surface area (Å²) >= 11 is 0. The summed E-state index contributed by atoms with van der Waals surface area (Å²) in [4.78, 5) is 14.7. The lowest BCUT2D eigenvalue weighted by atomic mass is 9.99. The predicted octanol–water partition coefficient (Wildman–Crippen LogP) is 3.22. The molecule has 1 aliphatic heterocycles. The number of likely N-dealkylation sites (tertiary alicyclic amines) is 1. The molecule has 2 heterocycles. The molecule has 0 atom stereocenters. The number of amides is 1. The first-order chi connectivity index (χ1) is 12.2. The third-order valence-electron chi connectivity index (χ3n) is 5.06. The van der Waals surface area contributed by atoms with Crippen molar-refractivity contribution in [1.82, 2.24) is 10.2 Å². The molecule has 1 aromatic heterocycles. The number of furan rings is 1. The van der Waals surface area contributed by atoms with E-state index >= 15 is 0 Å². The largest absolute Gasteiger partial charge is 0.497 e. The SMILES string of the molecule is COc1ccc2c(CC(=O)NCCCN3CCC(C)CC3)coc2c1. The fraction of sp³-hybridized carbons (Fsp3) is 0.550. The molecule has 136 valence electrons. The summed E-state index contributed by atoms with van der Waals surface area (Å²) in [6, 6.07) is 5.67. The Bertz CT molecular complexity index is 702. The Balaban J connectivity index is 1.42. The summed E-state index contributed by atoms with van der Waals surface area (Å²) in [6.07, 6.45) is 5.61. The van der Waals surface area contributed by atoms with Crippen molar-refractivity contribution in [2.24, 2.45) is 5.92 Å². The number of piperidine rings is 1. The van der Waals surface area contributed by atoms with Gasteiger partial charge < -0.3 is 19.4 Å². The van der Waals surface area contributed by atoms with Gasteiger partial charge in [0, 0.05) is 23.6 Å². The van der Waals surface area contributed by atoms with Gasteiger partial charge in [-0.15, -0.1) is 0 Å². The van der Waals surface area contributed by atoms with Crippen LogP contribution in [0.2, 0.25) is 0 Å². The van der Waals surface area contributed by atoms with Crippen LogP contribution in [0.3, 0.4) is 0 Å². The van der Waals surface area contributed by atoms with Crippen LogP contribution in [0.5, 0.6) is 5.75 Å². The van der Waals surface area contributed by atoms with Gasteiger partial charge in [-0.1, -0.05) is 6.92 Å². The molecule has 0 bridgehead atoms. The van der Waals surface area contributed by atoms with Crippen molar-refractivity contribution in [3.63, 3.8) is 0 Å². The average molecular weight is 344 g/mol. The fourth-order valence-corrected chi connectivity index (χ4v) is 3.38. The monoisotopic (exact) mass is 344 g/mol. The molecule has 1 aliphatic rings. The zero-order valence-electron chi connectivity index (χ0n) is 15.2. The molecule has 1 aromatic carbocycles. The molecule has 0 unspecified atom stereocenters. The maximum absolute atomic E-state index is 12.2. The van der Waals surface area contributed by atoms with Crippen LogP contribution in [0.15, 0.2) is 28.9 Å². The Morgan fingerprint density at radius 2 is 2.16 bits per heavy atom. The Morgan fingerprint density at radius 1 is 1.36 bits per heavy atom. The van der Waals surface area contributed by atoms with Crippen LogP contribution in [0.1, 0.15) is 31.7 Å². The second kappa shape index (κ2) is 8.39. The molecule has 1 N–H and O–H groups in total. The van der Waals surface area contributed by atoms with Gasteiger partial charge >= 0.3 is 0 Å². The van der Waals surface area contributed by atoms with Crippen LogP contribution in [-0.2, 0) is 11.2 Å². The minimum absolute atomic E-state index is 0.0470. The van der Waals surface area contributed by atoms with Crippen molar-refractivity contribution in [3.05, 3.63) is 30.0 Å². The lowest BCUT2D eigenvalue weighted by molar-refractivity contribution is -0.120. The minimum Gasteiger partial charge on any atom is -0.497 e. The van der Waals surface area contributed by atoms with Crippen molar-refractivity contribution >= 4 is 16.9 Å². The van der Waals surface area contributed by atoms with Crippen molar-refractivity contribution in [1.29, 1.82) is 0 Å². The smallest absolute Gasteiger partial charge is 0.224 e. The number of nitrogens with zero attached hydrogens (tertiary/aromatic N) is 1. The Hall–Kier alpha value is -2.01. The van der Waals surface area contributed by atoms with Crippen LogP contribution >= 0.6 is 0 Å². The zero-order chi connectivity index (χ0) is 17.6. The van der Waals surface area contributed by atoms with E-state index in [-0.39, 0.29) is 5.91 Å². The highest BCUT2D eigenvalue weighted by atomic mass is 16.5. The molecule has 5 heteroatoms. The number of hydrogen-bond acceptors (Lipinski definition) is 4. The van der Waals surface area contributed by atoms with Gasteiger partial charge in [0.2, 0.25) is 5.91 Å². The van der Waals surface area contributed by atoms with E-state index in [1.165, 1.54) is 25.9 Å². The highest BCUT2D eigenvalue weighted by Crippen LogP contribution is 2.25. The first-order valence-corrected chi connectivity index (χ1v) is 9.19. The van der Waals surface area contributed by atoms with E-state index in [0.29, 0.717) is 6.42 Å². The quantitative estimate of drug-likeness (QED) is 0.784. The molecule has 2 aromatic rings. The van der Waals surface area contributed by atoms with Crippen molar-refractivity contribution in [2.75, 3.05) is 33.3 Å². The van der Waals surface area contributed by atoms with Crippen LogP contribution in [-0.4, -0.2) is 44.1 Å². The van der Waals surface area contributed by atoms with E-state index < -0.39 is 0 Å². The highest BCUT2D eigenvalue weighted by Gasteiger charge is 2.15. The topological polar surface area (TPSA) is 54.7 Å². The molecule has 1 amide bonds. The molecule has 25 heavy (non-hydrogen) atoms. The van der Waals surface area contributed by atoms with Crippen LogP contribution in [0.25, 0.3) is 11.0 Å². The molecule has 0 spiro atoms. The van der Waals surface area contributed by atoms with Crippen molar-refractivity contribution in [2.45, 2.75) is 32.6 Å². The predicted molar refractivity (Wildman–Crippen MR) is 98.9 cm³/mol. The first kappa shape index (κ1) is 17.8. The number of rotatable bonds is 7. The van der Waals surface area contributed by atoms with Gasteiger partial charge in [-0.25, -0.2) is 0 Å². The minimum atomic E-state index is 0.0470. The number of methoxy groups -OCH3 is 1. The van der Waals surface area contributed by atoms with E-state index in [2.05, 4.69) is 17.1 Å².